The van der Waals surface area contributed by atoms with E-state index < -0.39 is 6.04 Å². The quantitative estimate of drug-likeness (QED) is 0.480. The molecule has 0 aliphatic carbocycles. The first-order valence-corrected chi connectivity index (χ1v) is 8.63. The van der Waals surface area contributed by atoms with Crippen LogP contribution in [0.5, 0.6) is 0 Å². The predicted octanol–water partition coefficient (Wildman–Crippen LogP) is 1.30. The number of rotatable bonds is 10. The normalized spacial score (nSPS) is 11.3. The highest BCUT2D eigenvalue weighted by molar-refractivity contribution is 5.86. The number of nitrogens with one attached hydrogen (secondary N) is 4. The first-order valence-electron chi connectivity index (χ1n) is 8.63. The zero-order valence-corrected chi connectivity index (χ0v) is 14.9. The zero-order chi connectivity index (χ0) is 18.5. The second-order valence-electron chi connectivity index (χ2n) is 5.78. The van der Waals surface area contributed by atoms with Crippen molar-refractivity contribution in [2.75, 3.05) is 13.1 Å². The highest BCUT2D eigenvalue weighted by Crippen LogP contribution is 2.01. The van der Waals surface area contributed by atoms with Crippen molar-refractivity contribution < 1.29 is 14.4 Å². The van der Waals surface area contributed by atoms with Crippen LogP contribution in [0.4, 0.5) is 4.79 Å². The van der Waals surface area contributed by atoms with E-state index >= 15 is 0 Å². The number of amides is 4. The number of carbonyl (C=O) groups is 3. The lowest BCUT2D eigenvalue weighted by Gasteiger charge is -2.18. The summed E-state index contributed by atoms with van der Waals surface area (Å²) >= 11 is 0. The van der Waals surface area contributed by atoms with Gasteiger partial charge in [0.2, 0.25) is 11.8 Å². The van der Waals surface area contributed by atoms with Gasteiger partial charge in [-0.05, 0) is 24.8 Å². The van der Waals surface area contributed by atoms with Gasteiger partial charge in [-0.2, -0.15) is 0 Å². The molecule has 7 heteroatoms. The fourth-order valence-electron chi connectivity index (χ4n) is 2.23. The molecule has 1 rings (SSSR count). The number of urea groups is 1. The average molecular weight is 348 g/mol. The molecule has 138 valence electrons. The smallest absolute Gasteiger partial charge is 0.314 e. The Bertz CT molecular complexity index is 549. The fourth-order valence-corrected chi connectivity index (χ4v) is 2.23. The number of benzene rings is 1. The van der Waals surface area contributed by atoms with Gasteiger partial charge in [0.25, 0.3) is 0 Å². The molecule has 4 N–H and O–H groups in total. The van der Waals surface area contributed by atoms with Gasteiger partial charge in [0, 0.05) is 26.6 Å². The maximum absolute atomic E-state index is 12.3. The molecule has 1 aromatic rings. The summed E-state index contributed by atoms with van der Waals surface area (Å²) in [5.74, 6) is -0.483. The molecular weight excluding hydrogens is 320 g/mol. The summed E-state index contributed by atoms with van der Waals surface area (Å²) in [7, 11) is 0. The molecule has 0 aromatic heterocycles. The third-order valence-corrected chi connectivity index (χ3v) is 3.49. The molecule has 1 aromatic carbocycles. The molecule has 0 heterocycles. The van der Waals surface area contributed by atoms with Gasteiger partial charge < -0.3 is 21.3 Å². The maximum Gasteiger partial charge on any atom is 0.314 e. The van der Waals surface area contributed by atoms with Crippen LogP contribution in [-0.2, 0) is 16.1 Å². The number of carbonyl (C=O) groups excluding carboxylic acids is 3. The Balaban J connectivity index is 2.38. The van der Waals surface area contributed by atoms with Gasteiger partial charge in [0.05, 0.1) is 0 Å². The van der Waals surface area contributed by atoms with Gasteiger partial charge >= 0.3 is 6.03 Å². The highest BCUT2D eigenvalue weighted by atomic mass is 16.2. The van der Waals surface area contributed by atoms with Crippen LogP contribution >= 0.6 is 0 Å². The van der Waals surface area contributed by atoms with Gasteiger partial charge in [0.15, 0.2) is 0 Å². The van der Waals surface area contributed by atoms with E-state index in [0.717, 1.165) is 12.0 Å². The Morgan fingerprint density at radius 3 is 2.32 bits per heavy atom. The largest absolute Gasteiger partial charge is 0.350 e. The Kier molecular flexibility index (Phi) is 9.74. The molecule has 0 aliphatic rings. The summed E-state index contributed by atoms with van der Waals surface area (Å²) in [5.41, 5.74) is 0.992. The van der Waals surface area contributed by atoms with Crippen molar-refractivity contribution in [1.29, 1.82) is 0 Å². The molecule has 0 saturated heterocycles. The van der Waals surface area contributed by atoms with E-state index in [1.54, 1.807) is 0 Å². The lowest BCUT2D eigenvalue weighted by Crippen LogP contribution is -2.46. The molecule has 0 unspecified atom stereocenters. The summed E-state index contributed by atoms with van der Waals surface area (Å²) < 4.78 is 0. The molecule has 0 saturated carbocycles. The van der Waals surface area contributed by atoms with Crippen molar-refractivity contribution in [1.82, 2.24) is 21.3 Å². The van der Waals surface area contributed by atoms with Crippen LogP contribution in [0.1, 0.15) is 38.7 Å². The van der Waals surface area contributed by atoms with Crippen LogP contribution in [-0.4, -0.2) is 37.0 Å². The van der Waals surface area contributed by atoms with Crippen LogP contribution in [0.15, 0.2) is 30.3 Å². The van der Waals surface area contributed by atoms with Crippen LogP contribution in [0.3, 0.4) is 0 Å². The van der Waals surface area contributed by atoms with E-state index in [2.05, 4.69) is 21.3 Å². The summed E-state index contributed by atoms with van der Waals surface area (Å²) in [4.78, 5) is 35.1. The molecule has 0 spiro atoms. The first kappa shape index (κ1) is 20.5. The van der Waals surface area contributed by atoms with Crippen LogP contribution in [0.2, 0.25) is 0 Å². The third kappa shape index (κ3) is 9.34. The lowest BCUT2D eigenvalue weighted by molar-refractivity contribution is -0.128. The van der Waals surface area contributed by atoms with Crippen molar-refractivity contribution in [3.05, 3.63) is 35.9 Å². The van der Waals surface area contributed by atoms with Crippen molar-refractivity contribution in [3.63, 3.8) is 0 Å². The Labute approximate surface area is 148 Å². The van der Waals surface area contributed by atoms with E-state index in [-0.39, 0.29) is 17.8 Å². The minimum absolute atomic E-state index is 0.216. The maximum atomic E-state index is 12.3. The van der Waals surface area contributed by atoms with E-state index in [0.29, 0.717) is 32.5 Å². The van der Waals surface area contributed by atoms with Gasteiger partial charge in [-0.25, -0.2) is 4.79 Å². The second kappa shape index (κ2) is 11.9. The molecule has 1 atom stereocenters. The van der Waals surface area contributed by atoms with Gasteiger partial charge in [-0.3, -0.25) is 9.59 Å². The fraction of sp³-hybridized carbons (Fsp3) is 0.500. The molecule has 25 heavy (non-hydrogen) atoms. The molecule has 7 nitrogen and oxygen atoms in total. The predicted molar refractivity (Wildman–Crippen MR) is 96.8 cm³/mol. The molecular formula is C18H28N4O3. The van der Waals surface area contributed by atoms with Gasteiger partial charge in [0.1, 0.15) is 6.04 Å². The van der Waals surface area contributed by atoms with Crippen molar-refractivity contribution in [3.8, 4) is 0 Å². The molecule has 4 amide bonds. The van der Waals surface area contributed by atoms with Crippen molar-refractivity contribution in [2.24, 2.45) is 0 Å². The van der Waals surface area contributed by atoms with E-state index in [1.807, 2.05) is 37.3 Å². The Morgan fingerprint density at radius 1 is 1.00 bits per heavy atom. The molecule has 0 radical (unpaired) electrons. The van der Waals surface area contributed by atoms with E-state index in [9.17, 15) is 14.4 Å². The highest BCUT2D eigenvalue weighted by Gasteiger charge is 2.18. The molecule has 0 fully saturated rings. The Morgan fingerprint density at radius 2 is 1.68 bits per heavy atom. The van der Waals surface area contributed by atoms with E-state index in [1.165, 1.54) is 6.92 Å². The topological polar surface area (TPSA) is 99.3 Å². The standard InChI is InChI=1S/C18H28N4O3/c1-3-11-19-18(25)20-12-7-10-16(22-14(2)23)17(24)21-13-15-8-5-4-6-9-15/h4-6,8-9,16H,3,7,10-13H2,1-2H3,(H,21,24)(H,22,23)(H2,19,20,25)/t16-/m0/s1. The number of hydrogen-bond donors (Lipinski definition) is 4. The lowest BCUT2D eigenvalue weighted by atomic mass is 10.1. The van der Waals surface area contributed by atoms with Crippen LogP contribution in [0.25, 0.3) is 0 Å². The molecule has 0 bridgehead atoms. The first-order chi connectivity index (χ1) is 12.0. The summed E-state index contributed by atoms with van der Waals surface area (Å²) in [6.45, 7) is 4.84. The second-order valence-corrected chi connectivity index (χ2v) is 5.78. The Hall–Kier alpha value is -2.57. The van der Waals surface area contributed by atoms with Crippen molar-refractivity contribution >= 4 is 17.8 Å². The zero-order valence-electron chi connectivity index (χ0n) is 14.9. The summed E-state index contributed by atoms with van der Waals surface area (Å²) in [6, 6.07) is 8.74. The minimum Gasteiger partial charge on any atom is -0.350 e. The van der Waals surface area contributed by atoms with Crippen LogP contribution < -0.4 is 21.3 Å². The van der Waals surface area contributed by atoms with Crippen LogP contribution in [0, 0.1) is 0 Å². The average Bonchev–Trinajstić information content (AvgIpc) is 2.61. The van der Waals surface area contributed by atoms with Gasteiger partial charge in [-0.15, -0.1) is 0 Å². The summed E-state index contributed by atoms with van der Waals surface area (Å²) in [6.07, 6.45) is 1.91. The molecule has 0 aliphatic heterocycles. The number of hydrogen-bond acceptors (Lipinski definition) is 3. The van der Waals surface area contributed by atoms with Gasteiger partial charge in [-0.1, -0.05) is 37.3 Å². The monoisotopic (exact) mass is 348 g/mol. The van der Waals surface area contributed by atoms with Crippen molar-refractivity contribution in [2.45, 2.75) is 45.7 Å². The minimum atomic E-state index is -0.610. The summed E-state index contributed by atoms with van der Waals surface area (Å²) in [5, 5.41) is 10.9. The third-order valence-electron chi connectivity index (χ3n) is 3.49. The van der Waals surface area contributed by atoms with E-state index in [4.69, 9.17) is 0 Å². The SMILES string of the molecule is CCCNC(=O)NCCC[C@H](NC(C)=O)C(=O)NCc1ccccc1.